The summed E-state index contributed by atoms with van der Waals surface area (Å²) in [6.07, 6.45) is 1.76. The van der Waals surface area contributed by atoms with Gasteiger partial charge in [0.1, 0.15) is 11.4 Å². The number of carbonyl (C=O) groups excluding carboxylic acids is 1. The van der Waals surface area contributed by atoms with Crippen molar-refractivity contribution in [1.82, 2.24) is 9.78 Å². The number of nitrogens with one attached hydrogen (secondary N) is 1. The van der Waals surface area contributed by atoms with Gasteiger partial charge in [0.2, 0.25) is 0 Å². The normalized spacial score (nSPS) is 10.6. The van der Waals surface area contributed by atoms with Gasteiger partial charge in [-0.3, -0.25) is 9.48 Å². The van der Waals surface area contributed by atoms with Crippen LogP contribution in [-0.4, -0.2) is 22.8 Å². The van der Waals surface area contributed by atoms with Crippen molar-refractivity contribution in [3.63, 3.8) is 0 Å². The highest BCUT2D eigenvalue weighted by Gasteiger charge is 2.21. The SMILES string of the molecule is COc1ccccc1-c1nn(Cc2ccccc2)cc1C(=O)Nc1ccc(Cl)cc1. The number of carbonyl (C=O) groups is 1. The predicted octanol–water partition coefficient (Wildman–Crippen LogP) is 5.51. The highest BCUT2D eigenvalue weighted by atomic mass is 35.5. The van der Waals surface area contributed by atoms with Crippen LogP contribution in [0, 0.1) is 0 Å². The molecule has 1 amide bonds. The van der Waals surface area contributed by atoms with Crippen LogP contribution in [0.25, 0.3) is 11.3 Å². The Labute approximate surface area is 179 Å². The minimum atomic E-state index is -0.252. The molecule has 4 rings (SSSR count). The van der Waals surface area contributed by atoms with Gasteiger partial charge in [-0.15, -0.1) is 0 Å². The van der Waals surface area contributed by atoms with Crippen LogP contribution >= 0.6 is 11.6 Å². The second-order valence-corrected chi connectivity index (χ2v) is 7.17. The topological polar surface area (TPSA) is 56.2 Å². The van der Waals surface area contributed by atoms with E-state index in [1.165, 1.54) is 0 Å². The molecule has 0 saturated heterocycles. The maximum absolute atomic E-state index is 13.1. The van der Waals surface area contributed by atoms with Gasteiger partial charge in [-0.05, 0) is 42.0 Å². The summed E-state index contributed by atoms with van der Waals surface area (Å²) in [5.74, 6) is 0.403. The molecule has 0 aliphatic carbocycles. The molecule has 0 atom stereocenters. The summed E-state index contributed by atoms with van der Waals surface area (Å²) in [4.78, 5) is 13.1. The van der Waals surface area contributed by atoms with E-state index >= 15 is 0 Å². The van der Waals surface area contributed by atoms with E-state index in [9.17, 15) is 4.79 Å². The lowest BCUT2D eigenvalue weighted by molar-refractivity contribution is 0.102. The van der Waals surface area contributed by atoms with Gasteiger partial charge in [0.05, 0.1) is 19.2 Å². The number of anilines is 1. The molecule has 0 radical (unpaired) electrons. The van der Waals surface area contributed by atoms with E-state index in [-0.39, 0.29) is 5.91 Å². The van der Waals surface area contributed by atoms with E-state index in [0.717, 1.165) is 11.1 Å². The summed E-state index contributed by atoms with van der Waals surface area (Å²) in [6.45, 7) is 0.553. The lowest BCUT2D eigenvalue weighted by Crippen LogP contribution is -2.12. The lowest BCUT2D eigenvalue weighted by Gasteiger charge is -2.08. The summed E-state index contributed by atoms with van der Waals surface area (Å²) in [5.41, 5.74) is 3.54. The Morgan fingerprint density at radius 3 is 2.43 bits per heavy atom. The maximum atomic E-state index is 13.1. The van der Waals surface area contributed by atoms with Crippen molar-refractivity contribution in [3.05, 3.63) is 101 Å². The van der Waals surface area contributed by atoms with Crippen LogP contribution in [-0.2, 0) is 6.54 Å². The van der Waals surface area contributed by atoms with E-state index in [2.05, 4.69) is 5.32 Å². The summed E-state index contributed by atoms with van der Waals surface area (Å²) in [6, 6.07) is 24.5. The third kappa shape index (κ3) is 4.36. The number of hydrogen-bond acceptors (Lipinski definition) is 3. The van der Waals surface area contributed by atoms with Crippen molar-refractivity contribution < 1.29 is 9.53 Å². The molecule has 0 bridgehead atoms. The standard InChI is InChI=1S/C24H20ClN3O2/c1-30-22-10-6-5-9-20(22)23-21(24(29)26-19-13-11-18(25)12-14-19)16-28(27-23)15-17-7-3-2-4-8-17/h2-14,16H,15H2,1H3,(H,26,29). The van der Waals surface area contributed by atoms with Crippen molar-refractivity contribution in [1.29, 1.82) is 0 Å². The maximum Gasteiger partial charge on any atom is 0.259 e. The third-order valence-corrected chi connectivity index (χ3v) is 4.91. The molecule has 1 N–H and O–H groups in total. The fourth-order valence-electron chi connectivity index (χ4n) is 3.21. The molecule has 30 heavy (non-hydrogen) atoms. The zero-order valence-electron chi connectivity index (χ0n) is 16.4. The smallest absolute Gasteiger partial charge is 0.259 e. The number of nitrogens with zero attached hydrogens (tertiary/aromatic N) is 2. The Balaban J connectivity index is 1.73. The molecule has 0 unspecified atom stereocenters. The monoisotopic (exact) mass is 417 g/mol. The van der Waals surface area contributed by atoms with Gasteiger partial charge >= 0.3 is 0 Å². The molecule has 0 aliphatic rings. The first-order chi connectivity index (χ1) is 14.6. The van der Waals surface area contributed by atoms with Crippen LogP contribution in [0.15, 0.2) is 85.1 Å². The number of methoxy groups -OCH3 is 1. The lowest BCUT2D eigenvalue weighted by atomic mass is 10.1. The Morgan fingerprint density at radius 1 is 1.00 bits per heavy atom. The number of para-hydroxylation sites is 1. The summed E-state index contributed by atoms with van der Waals surface area (Å²) in [5, 5.41) is 8.24. The summed E-state index contributed by atoms with van der Waals surface area (Å²) in [7, 11) is 1.60. The molecule has 150 valence electrons. The van der Waals surface area contributed by atoms with Gasteiger partial charge in [0.25, 0.3) is 5.91 Å². The minimum absolute atomic E-state index is 0.252. The highest BCUT2D eigenvalue weighted by Crippen LogP contribution is 2.31. The van der Waals surface area contributed by atoms with Crippen molar-refractivity contribution >= 4 is 23.2 Å². The number of rotatable bonds is 6. The number of amides is 1. The predicted molar refractivity (Wildman–Crippen MR) is 119 cm³/mol. The fraction of sp³-hybridized carbons (Fsp3) is 0.0833. The van der Waals surface area contributed by atoms with Gasteiger partial charge in [-0.1, -0.05) is 54.1 Å². The van der Waals surface area contributed by atoms with Crippen LogP contribution in [0.4, 0.5) is 5.69 Å². The molecule has 0 spiro atoms. The molecule has 0 fully saturated rings. The minimum Gasteiger partial charge on any atom is -0.496 e. The third-order valence-electron chi connectivity index (χ3n) is 4.66. The molecule has 1 heterocycles. The van der Waals surface area contributed by atoms with Gasteiger partial charge in [0, 0.05) is 22.5 Å². The fourth-order valence-corrected chi connectivity index (χ4v) is 3.34. The molecule has 3 aromatic carbocycles. The zero-order valence-corrected chi connectivity index (χ0v) is 17.1. The van der Waals surface area contributed by atoms with Gasteiger partial charge in [-0.2, -0.15) is 5.10 Å². The molecular weight excluding hydrogens is 398 g/mol. The Morgan fingerprint density at radius 2 is 1.70 bits per heavy atom. The molecule has 5 nitrogen and oxygen atoms in total. The van der Waals surface area contributed by atoms with E-state index < -0.39 is 0 Å². The first kappa shape index (κ1) is 19.7. The first-order valence-electron chi connectivity index (χ1n) is 9.46. The van der Waals surface area contributed by atoms with E-state index in [1.807, 2.05) is 54.6 Å². The van der Waals surface area contributed by atoms with Gasteiger partial charge in [0.15, 0.2) is 0 Å². The van der Waals surface area contributed by atoms with E-state index in [4.69, 9.17) is 21.4 Å². The highest BCUT2D eigenvalue weighted by molar-refractivity contribution is 6.30. The number of halogens is 1. The largest absolute Gasteiger partial charge is 0.496 e. The second-order valence-electron chi connectivity index (χ2n) is 6.74. The van der Waals surface area contributed by atoms with Crippen LogP contribution in [0.1, 0.15) is 15.9 Å². The first-order valence-corrected chi connectivity index (χ1v) is 9.83. The zero-order chi connectivity index (χ0) is 20.9. The number of hydrogen-bond donors (Lipinski definition) is 1. The number of aromatic nitrogens is 2. The van der Waals surface area contributed by atoms with Crippen molar-refractivity contribution in [2.75, 3.05) is 12.4 Å². The second kappa shape index (κ2) is 8.84. The Hall–Kier alpha value is -3.57. The quantitative estimate of drug-likeness (QED) is 0.450. The molecule has 0 aliphatic heterocycles. The molecule has 4 aromatic rings. The van der Waals surface area contributed by atoms with Crippen LogP contribution in [0.5, 0.6) is 5.75 Å². The molecular formula is C24H20ClN3O2. The molecule has 0 saturated carbocycles. The average Bonchev–Trinajstić information content (AvgIpc) is 3.19. The van der Waals surface area contributed by atoms with Gasteiger partial charge in [-0.25, -0.2) is 0 Å². The van der Waals surface area contributed by atoms with Crippen molar-refractivity contribution in [2.24, 2.45) is 0 Å². The summed E-state index contributed by atoms with van der Waals surface area (Å²) < 4.78 is 7.27. The van der Waals surface area contributed by atoms with Crippen LogP contribution < -0.4 is 10.1 Å². The number of ether oxygens (including phenoxy) is 1. The van der Waals surface area contributed by atoms with Crippen molar-refractivity contribution in [2.45, 2.75) is 6.54 Å². The Bertz CT molecular complexity index is 1150. The molecule has 1 aromatic heterocycles. The van der Waals surface area contributed by atoms with E-state index in [0.29, 0.717) is 34.3 Å². The average molecular weight is 418 g/mol. The Kier molecular flexibility index (Phi) is 5.82. The van der Waals surface area contributed by atoms with Crippen LogP contribution in [0.2, 0.25) is 5.02 Å². The number of benzene rings is 3. The van der Waals surface area contributed by atoms with Crippen molar-refractivity contribution in [3.8, 4) is 17.0 Å². The van der Waals surface area contributed by atoms with Gasteiger partial charge < -0.3 is 10.1 Å². The summed E-state index contributed by atoms with van der Waals surface area (Å²) >= 11 is 5.94. The van der Waals surface area contributed by atoms with Crippen LogP contribution in [0.3, 0.4) is 0 Å². The van der Waals surface area contributed by atoms with E-state index in [1.54, 1.807) is 42.3 Å². The molecule has 6 heteroatoms.